The summed E-state index contributed by atoms with van der Waals surface area (Å²) in [5.74, 6) is -1.87. The molecule has 1 aliphatic rings. The number of rotatable bonds is 6. The van der Waals surface area contributed by atoms with Crippen molar-refractivity contribution < 1.29 is 41.5 Å². The molecule has 0 saturated carbocycles. The molecule has 2 heterocycles. The molecule has 0 spiro atoms. The SMILES string of the molecule is CC(C)(NC(=O)O)C(=O)N1CC(c2ccc(OC(F)(F)F)cc2)CC(c2nc(-c3cccc(F)c3)no2)C1. The number of halogens is 4. The number of piperidine rings is 1. The zero-order chi connectivity index (χ0) is 27.7. The molecule has 9 nitrogen and oxygen atoms in total. The molecule has 1 aromatic heterocycles. The van der Waals surface area contributed by atoms with Gasteiger partial charge in [-0.1, -0.05) is 29.4 Å². The first-order valence-corrected chi connectivity index (χ1v) is 11.6. The predicted molar refractivity (Wildman–Crippen MR) is 125 cm³/mol. The van der Waals surface area contributed by atoms with Crippen molar-refractivity contribution in [2.24, 2.45) is 0 Å². The minimum atomic E-state index is -4.83. The van der Waals surface area contributed by atoms with E-state index in [0.717, 1.165) is 0 Å². The van der Waals surface area contributed by atoms with Gasteiger partial charge in [-0.15, -0.1) is 13.2 Å². The zero-order valence-corrected chi connectivity index (χ0v) is 20.3. The number of carbonyl (C=O) groups excluding carboxylic acids is 1. The molecule has 0 bridgehead atoms. The van der Waals surface area contributed by atoms with E-state index in [1.165, 1.54) is 61.2 Å². The summed E-state index contributed by atoms with van der Waals surface area (Å²) in [6.45, 7) is 3.16. The van der Waals surface area contributed by atoms with Crippen LogP contribution in [-0.2, 0) is 4.79 Å². The summed E-state index contributed by atoms with van der Waals surface area (Å²) in [4.78, 5) is 30.4. The van der Waals surface area contributed by atoms with Crippen LogP contribution in [0, 0.1) is 5.82 Å². The number of hydrogen-bond acceptors (Lipinski definition) is 6. The third-order valence-corrected chi connectivity index (χ3v) is 6.15. The lowest BCUT2D eigenvalue weighted by molar-refractivity contribution is -0.274. The molecule has 1 fully saturated rings. The minimum Gasteiger partial charge on any atom is -0.465 e. The van der Waals surface area contributed by atoms with Crippen molar-refractivity contribution in [2.75, 3.05) is 13.1 Å². The Bertz CT molecular complexity index is 1310. The summed E-state index contributed by atoms with van der Waals surface area (Å²) < 4.78 is 60.8. The first kappa shape index (κ1) is 26.9. The van der Waals surface area contributed by atoms with Crippen molar-refractivity contribution in [3.8, 4) is 17.1 Å². The highest BCUT2D eigenvalue weighted by Crippen LogP contribution is 2.37. The van der Waals surface area contributed by atoms with Gasteiger partial charge in [0.2, 0.25) is 17.6 Å². The van der Waals surface area contributed by atoms with Gasteiger partial charge in [-0.25, -0.2) is 9.18 Å². The first-order chi connectivity index (χ1) is 17.8. The van der Waals surface area contributed by atoms with Crippen molar-refractivity contribution in [3.05, 3.63) is 65.8 Å². The molecule has 38 heavy (non-hydrogen) atoms. The second-order valence-corrected chi connectivity index (χ2v) is 9.48. The second kappa shape index (κ2) is 10.3. The van der Waals surface area contributed by atoms with Crippen molar-refractivity contribution in [3.63, 3.8) is 0 Å². The standard InChI is InChI=1S/C25H24F4N4O5/c1-24(2,31-23(35)36)22(34)33-12-16(14-6-8-19(9-7-14)37-25(27,28)29)10-17(13-33)21-30-20(32-38-21)15-4-3-5-18(26)11-15/h3-9,11,16-17,31H,10,12-13H2,1-2H3,(H,35,36). The van der Waals surface area contributed by atoms with E-state index in [0.29, 0.717) is 17.5 Å². The lowest BCUT2D eigenvalue weighted by Gasteiger charge is -2.40. The van der Waals surface area contributed by atoms with Gasteiger partial charge in [0.15, 0.2) is 0 Å². The van der Waals surface area contributed by atoms with Crippen molar-refractivity contribution in [2.45, 2.75) is 44.0 Å². The van der Waals surface area contributed by atoms with Gasteiger partial charge in [0.05, 0.1) is 5.92 Å². The number of likely N-dealkylation sites (tertiary alicyclic amines) is 1. The molecule has 2 N–H and O–H groups in total. The molecule has 202 valence electrons. The monoisotopic (exact) mass is 536 g/mol. The molecule has 1 aliphatic heterocycles. The van der Waals surface area contributed by atoms with Gasteiger partial charge in [0.1, 0.15) is 17.1 Å². The molecule has 3 aromatic rings. The smallest absolute Gasteiger partial charge is 0.465 e. The number of nitrogens with one attached hydrogen (secondary N) is 1. The quantitative estimate of drug-likeness (QED) is 0.430. The number of ether oxygens (including phenoxy) is 1. The van der Waals surface area contributed by atoms with Crippen LogP contribution >= 0.6 is 0 Å². The van der Waals surface area contributed by atoms with E-state index in [1.54, 1.807) is 6.07 Å². The van der Waals surface area contributed by atoms with Crippen LogP contribution in [0.3, 0.4) is 0 Å². The maximum absolute atomic E-state index is 13.7. The molecule has 1 saturated heterocycles. The van der Waals surface area contributed by atoms with Gasteiger partial charge in [-0.3, -0.25) is 4.79 Å². The number of carboxylic acid groups (broad SMARTS) is 1. The highest BCUT2D eigenvalue weighted by Gasteiger charge is 2.40. The largest absolute Gasteiger partial charge is 0.573 e. The normalized spacial score (nSPS) is 18.2. The van der Waals surface area contributed by atoms with E-state index in [2.05, 4.69) is 20.2 Å². The molecule has 2 atom stereocenters. The van der Waals surface area contributed by atoms with Crippen molar-refractivity contribution in [1.82, 2.24) is 20.4 Å². The van der Waals surface area contributed by atoms with E-state index in [1.807, 2.05) is 0 Å². The number of alkyl halides is 3. The zero-order valence-electron chi connectivity index (χ0n) is 20.3. The van der Waals surface area contributed by atoms with E-state index >= 15 is 0 Å². The van der Waals surface area contributed by atoms with Crippen LogP contribution in [0.2, 0.25) is 0 Å². The van der Waals surface area contributed by atoms with Crippen LogP contribution in [0.25, 0.3) is 11.4 Å². The topological polar surface area (TPSA) is 118 Å². The van der Waals surface area contributed by atoms with Crippen molar-refractivity contribution in [1.29, 1.82) is 0 Å². The third kappa shape index (κ3) is 6.39. The summed E-state index contributed by atoms with van der Waals surface area (Å²) in [5, 5.41) is 15.3. The van der Waals surface area contributed by atoms with Gasteiger partial charge in [0.25, 0.3) is 0 Å². The van der Waals surface area contributed by atoms with Gasteiger partial charge in [-0.2, -0.15) is 4.98 Å². The summed E-state index contributed by atoms with van der Waals surface area (Å²) >= 11 is 0. The van der Waals surface area contributed by atoms with Crippen LogP contribution in [0.4, 0.5) is 22.4 Å². The average Bonchev–Trinajstić information content (AvgIpc) is 3.32. The Morgan fingerprint density at radius 1 is 1.11 bits per heavy atom. The lowest BCUT2D eigenvalue weighted by Crippen LogP contribution is -2.58. The van der Waals surface area contributed by atoms with Gasteiger partial charge >= 0.3 is 12.5 Å². The van der Waals surface area contributed by atoms with Crippen LogP contribution in [0.1, 0.15) is 43.6 Å². The Hall–Kier alpha value is -4.16. The van der Waals surface area contributed by atoms with Crippen molar-refractivity contribution >= 4 is 12.0 Å². The molecule has 2 aromatic carbocycles. The molecular formula is C25H24F4N4O5. The number of nitrogens with zero attached hydrogens (tertiary/aromatic N) is 3. The molecule has 2 amide bonds. The predicted octanol–water partition coefficient (Wildman–Crippen LogP) is 4.92. The average molecular weight is 536 g/mol. The van der Waals surface area contributed by atoms with E-state index < -0.39 is 35.6 Å². The molecular weight excluding hydrogens is 512 g/mol. The Balaban J connectivity index is 1.63. The number of benzene rings is 2. The van der Waals surface area contributed by atoms with Crippen LogP contribution in [0.15, 0.2) is 53.1 Å². The van der Waals surface area contributed by atoms with Gasteiger partial charge in [-0.05, 0) is 50.1 Å². The molecule has 13 heteroatoms. The Labute approximate surface area is 214 Å². The molecule has 4 rings (SSSR count). The second-order valence-electron chi connectivity index (χ2n) is 9.48. The summed E-state index contributed by atoms with van der Waals surface area (Å²) in [6, 6.07) is 11.0. The Morgan fingerprint density at radius 3 is 2.42 bits per heavy atom. The van der Waals surface area contributed by atoms with E-state index in [4.69, 9.17) is 9.63 Å². The molecule has 0 radical (unpaired) electrons. The molecule has 0 aliphatic carbocycles. The lowest BCUT2D eigenvalue weighted by atomic mass is 9.83. The van der Waals surface area contributed by atoms with Gasteiger partial charge < -0.3 is 24.6 Å². The summed E-state index contributed by atoms with van der Waals surface area (Å²) in [7, 11) is 0. The fourth-order valence-corrected chi connectivity index (χ4v) is 4.49. The molecule has 2 unspecified atom stereocenters. The number of amides is 2. The van der Waals surface area contributed by atoms with Gasteiger partial charge in [0, 0.05) is 24.6 Å². The first-order valence-electron chi connectivity index (χ1n) is 11.6. The fraction of sp³-hybridized carbons (Fsp3) is 0.360. The maximum Gasteiger partial charge on any atom is 0.573 e. The van der Waals surface area contributed by atoms with E-state index in [9.17, 15) is 27.2 Å². The summed E-state index contributed by atoms with van der Waals surface area (Å²) in [6.07, 6.45) is -5.80. The third-order valence-electron chi connectivity index (χ3n) is 6.15. The maximum atomic E-state index is 13.7. The van der Waals surface area contributed by atoms with Crippen LogP contribution in [0.5, 0.6) is 5.75 Å². The minimum absolute atomic E-state index is 0.125. The Kier molecular flexibility index (Phi) is 7.29. The van der Waals surface area contributed by atoms with Crippen LogP contribution in [-0.4, -0.2) is 57.1 Å². The highest BCUT2D eigenvalue weighted by atomic mass is 19.4. The van der Waals surface area contributed by atoms with E-state index in [-0.39, 0.29) is 36.5 Å². The number of aromatic nitrogens is 2. The number of hydrogen-bond donors (Lipinski definition) is 2. The number of carbonyl (C=O) groups is 2. The fourth-order valence-electron chi connectivity index (χ4n) is 4.49. The summed E-state index contributed by atoms with van der Waals surface area (Å²) in [5.41, 5.74) is -0.423. The Morgan fingerprint density at radius 2 is 1.79 bits per heavy atom. The van der Waals surface area contributed by atoms with Crippen LogP contribution < -0.4 is 10.1 Å². The highest BCUT2D eigenvalue weighted by molar-refractivity contribution is 5.89.